The summed E-state index contributed by atoms with van der Waals surface area (Å²) in [6, 6.07) is 9.63. The van der Waals surface area contributed by atoms with Crippen LogP contribution in [0.2, 0.25) is 0 Å². The van der Waals surface area contributed by atoms with E-state index >= 15 is 0 Å². The number of ether oxygens (including phenoxy) is 3. The summed E-state index contributed by atoms with van der Waals surface area (Å²) < 4.78 is 29.8. The Morgan fingerprint density at radius 3 is 2.97 bits per heavy atom. The van der Waals surface area contributed by atoms with E-state index < -0.39 is 0 Å². The summed E-state index contributed by atoms with van der Waals surface area (Å²) in [6.07, 6.45) is 3.72. The minimum Gasteiger partial charge on any atom is -0.439 e. The number of aliphatic imine (C=N–C) groups is 1. The molecule has 3 rings (SSSR count). The number of hydrogen-bond donors (Lipinski definition) is 2. The van der Waals surface area contributed by atoms with Gasteiger partial charge in [-0.05, 0) is 30.5 Å². The number of guanidine groups is 1. The van der Waals surface area contributed by atoms with Gasteiger partial charge >= 0.3 is 0 Å². The molecule has 0 radical (unpaired) electrons. The first-order valence-corrected chi connectivity index (χ1v) is 10.2. The van der Waals surface area contributed by atoms with Crippen molar-refractivity contribution in [2.45, 2.75) is 19.4 Å². The van der Waals surface area contributed by atoms with Crippen LogP contribution in [0.5, 0.6) is 11.6 Å². The molecule has 1 fully saturated rings. The van der Waals surface area contributed by atoms with Crippen molar-refractivity contribution in [3.63, 3.8) is 0 Å². The molecule has 1 saturated heterocycles. The van der Waals surface area contributed by atoms with E-state index in [1.54, 1.807) is 31.4 Å². The van der Waals surface area contributed by atoms with Crippen LogP contribution in [0.3, 0.4) is 0 Å². The van der Waals surface area contributed by atoms with Crippen molar-refractivity contribution < 1.29 is 18.6 Å². The quantitative estimate of drug-likeness (QED) is 0.352. The van der Waals surface area contributed by atoms with Gasteiger partial charge in [-0.15, -0.1) is 0 Å². The molecule has 1 aliphatic rings. The van der Waals surface area contributed by atoms with Crippen LogP contribution < -0.4 is 15.4 Å². The van der Waals surface area contributed by atoms with Crippen molar-refractivity contribution in [2.24, 2.45) is 10.9 Å². The van der Waals surface area contributed by atoms with Crippen LogP contribution in [0.15, 0.2) is 47.6 Å². The van der Waals surface area contributed by atoms with Crippen LogP contribution in [-0.2, 0) is 16.0 Å². The number of halogens is 1. The molecule has 30 heavy (non-hydrogen) atoms. The molecular weight excluding hydrogens is 387 g/mol. The molecule has 8 heteroatoms. The standard InChI is InChI=1S/C22H29FN4O3/c1-24-22(25-9-3-10-28-15-18-8-11-29-16-18)27-14-17-6-7-21(26-13-17)30-20-5-2-4-19(23)12-20/h2,4-7,12-13,18H,3,8-11,14-16H2,1H3,(H2,24,25,27). The lowest BCUT2D eigenvalue weighted by atomic mass is 10.1. The van der Waals surface area contributed by atoms with E-state index in [2.05, 4.69) is 20.6 Å². The summed E-state index contributed by atoms with van der Waals surface area (Å²) in [6.45, 7) is 4.53. The molecule has 1 aromatic carbocycles. The van der Waals surface area contributed by atoms with Crippen molar-refractivity contribution in [1.29, 1.82) is 0 Å². The fourth-order valence-electron chi connectivity index (χ4n) is 2.98. The summed E-state index contributed by atoms with van der Waals surface area (Å²) >= 11 is 0. The van der Waals surface area contributed by atoms with Crippen LogP contribution in [0.4, 0.5) is 4.39 Å². The minimum atomic E-state index is -0.345. The normalized spacial score (nSPS) is 16.5. The Kier molecular flexibility index (Phi) is 8.86. The molecule has 1 unspecified atom stereocenters. The Balaban J connectivity index is 1.32. The van der Waals surface area contributed by atoms with E-state index in [1.165, 1.54) is 12.1 Å². The van der Waals surface area contributed by atoms with Crippen molar-refractivity contribution in [3.05, 3.63) is 54.0 Å². The maximum atomic E-state index is 13.2. The summed E-state index contributed by atoms with van der Waals surface area (Å²) in [5, 5.41) is 6.52. The SMILES string of the molecule is CN=C(NCCCOCC1CCOC1)NCc1ccc(Oc2cccc(F)c2)nc1. The van der Waals surface area contributed by atoms with E-state index in [4.69, 9.17) is 14.2 Å². The van der Waals surface area contributed by atoms with Gasteiger partial charge in [0, 0.05) is 57.6 Å². The van der Waals surface area contributed by atoms with E-state index in [1.807, 2.05) is 6.07 Å². The van der Waals surface area contributed by atoms with Crippen LogP contribution in [-0.4, -0.2) is 51.0 Å². The molecule has 7 nitrogen and oxygen atoms in total. The molecule has 0 saturated carbocycles. The van der Waals surface area contributed by atoms with Gasteiger partial charge in [-0.2, -0.15) is 0 Å². The molecule has 2 heterocycles. The number of rotatable bonds is 10. The molecule has 0 bridgehead atoms. The smallest absolute Gasteiger partial charge is 0.219 e. The van der Waals surface area contributed by atoms with Crippen LogP contribution in [0, 0.1) is 11.7 Å². The third-order valence-electron chi connectivity index (χ3n) is 4.64. The number of nitrogens with one attached hydrogen (secondary N) is 2. The average Bonchev–Trinajstić information content (AvgIpc) is 3.27. The number of benzene rings is 1. The van der Waals surface area contributed by atoms with Crippen molar-refractivity contribution in [3.8, 4) is 11.6 Å². The molecule has 0 amide bonds. The number of pyridine rings is 1. The van der Waals surface area contributed by atoms with Gasteiger partial charge in [-0.1, -0.05) is 12.1 Å². The molecule has 0 spiro atoms. The molecular formula is C22H29FN4O3. The lowest BCUT2D eigenvalue weighted by molar-refractivity contribution is 0.0888. The zero-order valence-corrected chi connectivity index (χ0v) is 17.3. The summed E-state index contributed by atoms with van der Waals surface area (Å²) in [7, 11) is 1.74. The van der Waals surface area contributed by atoms with Gasteiger partial charge in [0.1, 0.15) is 11.6 Å². The lowest BCUT2D eigenvalue weighted by Crippen LogP contribution is -2.37. The predicted molar refractivity (Wildman–Crippen MR) is 113 cm³/mol. The third-order valence-corrected chi connectivity index (χ3v) is 4.64. The van der Waals surface area contributed by atoms with Gasteiger partial charge in [0.2, 0.25) is 5.88 Å². The van der Waals surface area contributed by atoms with Crippen LogP contribution >= 0.6 is 0 Å². The van der Waals surface area contributed by atoms with Gasteiger partial charge in [0.05, 0.1) is 13.2 Å². The largest absolute Gasteiger partial charge is 0.439 e. The molecule has 0 aliphatic carbocycles. The highest BCUT2D eigenvalue weighted by atomic mass is 19.1. The Hall–Kier alpha value is -2.71. The van der Waals surface area contributed by atoms with Gasteiger partial charge < -0.3 is 24.8 Å². The molecule has 2 N–H and O–H groups in total. The van der Waals surface area contributed by atoms with Gasteiger partial charge in [0.25, 0.3) is 0 Å². The predicted octanol–water partition coefficient (Wildman–Crippen LogP) is 3.12. The van der Waals surface area contributed by atoms with E-state index in [-0.39, 0.29) is 5.82 Å². The Bertz CT molecular complexity index is 795. The van der Waals surface area contributed by atoms with Gasteiger partial charge in [-0.3, -0.25) is 4.99 Å². The summed E-state index contributed by atoms with van der Waals surface area (Å²) in [5.41, 5.74) is 0.978. The third kappa shape index (κ3) is 7.61. The maximum Gasteiger partial charge on any atom is 0.219 e. The number of nitrogens with zero attached hydrogens (tertiary/aromatic N) is 2. The molecule has 1 atom stereocenters. The monoisotopic (exact) mass is 416 g/mol. The fourth-order valence-corrected chi connectivity index (χ4v) is 2.98. The highest BCUT2D eigenvalue weighted by Crippen LogP contribution is 2.20. The number of aromatic nitrogens is 1. The van der Waals surface area contributed by atoms with E-state index in [0.717, 1.165) is 57.3 Å². The Labute approximate surface area is 176 Å². The zero-order valence-electron chi connectivity index (χ0n) is 17.3. The lowest BCUT2D eigenvalue weighted by Gasteiger charge is -2.13. The van der Waals surface area contributed by atoms with Gasteiger partial charge in [0.15, 0.2) is 5.96 Å². The maximum absolute atomic E-state index is 13.2. The zero-order chi connectivity index (χ0) is 21.0. The van der Waals surface area contributed by atoms with Crippen molar-refractivity contribution >= 4 is 5.96 Å². The van der Waals surface area contributed by atoms with E-state index in [9.17, 15) is 4.39 Å². The molecule has 1 aliphatic heterocycles. The van der Waals surface area contributed by atoms with Gasteiger partial charge in [-0.25, -0.2) is 9.37 Å². The molecule has 1 aromatic heterocycles. The van der Waals surface area contributed by atoms with Crippen LogP contribution in [0.1, 0.15) is 18.4 Å². The second-order valence-corrected chi connectivity index (χ2v) is 7.07. The average molecular weight is 416 g/mol. The highest BCUT2D eigenvalue weighted by molar-refractivity contribution is 5.79. The van der Waals surface area contributed by atoms with E-state index in [0.29, 0.717) is 24.1 Å². The first-order chi connectivity index (χ1) is 14.7. The van der Waals surface area contributed by atoms with Crippen LogP contribution in [0.25, 0.3) is 0 Å². The second-order valence-electron chi connectivity index (χ2n) is 7.07. The number of hydrogen-bond acceptors (Lipinski definition) is 5. The minimum absolute atomic E-state index is 0.345. The van der Waals surface area contributed by atoms with Crippen molar-refractivity contribution in [1.82, 2.24) is 15.6 Å². The topological polar surface area (TPSA) is 77.0 Å². The summed E-state index contributed by atoms with van der Waals surface area (Å²) in [4.78, 5) is 8.49. The molecule has 2 aromatic rings. The fraction of sp³-hybridized carbons (Fsp3) is 0.455. The Morgan fingerprint density at radius 1 is 1.30 bits per heavy atom. The first-order valence-electron chi connectivity index (χ1n) is 10.2. The highest BCUT2D eigenvalue weighted by Gasteiger charge is 2.15. The summed E-state index contributed by atoms with van der Waals surface area (Å²) in [5.74, 6) is 1.75. The first kappa shape index (κ1) is 22.0. The van der Waals surface area contributed by atoms with Crippen molar-refractivity contribution in [2.75, 3.05) is 40.0 Å². The molecule has 162 valence electrons. The second kappa shape index (κ2) is 12.1. The Morgan fingerprint density at radius 2 is 2.23 bits per heavy atom.